The lowest BCUT2D eigenvalue weighted by Gasteiger charge is -2.26. The zero-order valence-electron chi connectivity index (χ0n) is 10.5. The Bertz CT molecular complexity index is 456. The molecule has 4 atom stereocenters. The van der Waals surface area contributed by atoms with Crippen LogP contribution >= 0.6 is 0 Å². The summed E-state index contributed by atoms with van der Waals surface area (Å²) in [6.07, 6.45) is 0.651. The molecule has 3 rings (SSSR count). The molecule has 3 heteroatoms. The molecule has 1 aliphatic heterocycles. The van der Waals surface area contributed by atoms with E-state index in [9.17, 15) is 9.90 Å². The highest BCUT2D eigenvalue weighted by Gasteiger charge is 2.52. The van der Waals surface area contributed by atoms with Crippen molar-refractivity contribution in [3.05, 3.63) is 35.9 Å². The molecule has 1 aromatic rings. The minimum Gasteiger partial charge on any atom is -0.365 e. The van der Waals surface area contributed by atoms with Gasteiger partial charge in [-0.1, -0.05) is 37.3 Å². The van der Waals surface area contributed by atoms with Crippen molar-refractivity contribution in [1.82, 2.24) is 0 Å². The summed E-state index contributed by atoms with van der Waals surface area (Å²) < 4.78 is 5.51. The first-order chi connectivity index (χ1) is 8.60. The molecule has 1 N–H and O–H groups in total. The summed E-state index contributed by atoms with van der Waals surface area (Å²) in [5.74, 6) is -0.728. The first-order valence-electron chi connectivity index (χ1n) is 6.53. The van der Waals surface area contributed by atoms with Gasteiger partial charge in [0.2, 0.25) is 0 Å². The van der Waals surface area contributed by atoms with Gasteiger partial charge in [0, 0.05) is 12.3 Å². The van der Waals surface area contributed by atoms with Crippen molar-refractivity contribution < 1.29 is 14.6 Å². The molecule has 1 aliphatic carbocycles. The molecule has 1 saturated carbocycles. The number of aliphatic hydroxyl groups is 1. The first-order valence-corrected chi connectivity index (χ1v) is 6.53. The van der Waals surface area contributed by atoms with Crippen molar-refractivity contribution in [2.75, 3.05) is 6.61 Å². The molecule has 1 aromatic carbocycles. The van der Waals surface area contributed by atoms with E-state index in [1.54, 1.807) is 0 Å². The zero-order chi connectivity index (χ0) is 12.8. The quantitative estimate of drug-likeness (QED) is 0.825. The first kappa shape index (κ1) is 11.9. The van der Waals surface area contributed by atoms with E-state index in [0.717, 1.165) is 0 Å². The average molecular weight is 246 g/mol. The smallest absolute Gasteiger partial charge is 0.175 e. The van der Waals surface area contributed by atoms with Gasteiger partial charge in [0.1, 0.15) is 5.78 Å². The number of carbonyl (C=O) groups excluding carboxylic acids is 1. The lowest BCUT2D eigenvalue weighted by molar-refractivity contribution is -0.195. The second kappa shape index (κ2) is 4.18. The van der Waals surface area contributed by atoms with Crippen LogP contribution in [0.1, 0.15) is 31.2 Å². The van der Waals surface area contributed by atoms with Gasteiger partial charge in [-0.15, -0.1) is 0 Å². The number of fused-ring (bicyclic) bond motifs is 2. The van der Waals surface area contributed by atoms with Gasteiger partial charge < -0.3 is 9.84 Å². The van der Waals surface area contributed by atoms with Gasteiger partial charge in [0.05, 0.1) is 13.0 Å². The highest BCUT2D eigenvalue weighted by atomic mass is 16.6. The fourth-order valence-corrected chi connectivity index (χ4v) is 3.34. The molecule has 2 bridgehead atoms. The molecule has 96 valence electrons. The summed E-state index contributed by atoms with van der Waals surface area (Å²) >= 11 is 0. The van der Waals surface area contributed by atoms with E-state index in [-0.39, 0.29) is 30.0 Å². The van der Waals surface area contributed by atoms with E-state index in [4.69, 9.17) is 4.74 Å². The molecule has 2 fully saturated rings. The number of hydrogen-bond acceptors (Lipinski definition) is 3. The predicted octanol–water partition coefficient (Wildman–Crippen LogP) is 2.10. The van der Waals surface area contributed by atoms with Crippen molar-refractivity contribution in [2.24, 2.45) is 11.8 Å². The molecular formula is C15H18O3. The third kappa shape index (κ3) is 1.78. The summed E-state index contributed by atoms with van der Waals surface area (Å²) in [5.41, 5.74) is 1.18. The summed E-state index contributed by atoms with van der Waals surface area (Å²) in [7, 11) is 0. The number of rotatable bonds is 1. The van der Waals surface area contributed by atoms with Crippen molar-refractivity contribution in [3.63, 3.8) is 0 Å². The minimum atomic E-state index is -1.23. The van der Waals surface area contributed by atoms with Crippen molar-refractivity contribution in [1.29, 1.82) is 0 Å². The molecule has 0 radical (unpaired) electrons. The maximum atomic E-state index is 12.0. The lowest BCUT2D eigenvalue weighted by atomic mass is 9.78. The molecule has 3 nitrogen and oxygen atoms in total. The van der Waals surface area contributed by atoms with Crippen molar-refractivity contribution in [3.8, 4) is 0 Å². The molecule has 0 spiro atoms. The average Bonchev–Trinajstić information content (AvgIpc) is 2.58. The Morgan fingerprint density at radius 1 is 1.33 bits per heavy atom. The Kier molecular flexibility index (Phi) is 2.76. The van der Waals surface area contributed by atoms with Crippen LogP contribution in [-0.2, 0) is 9.53 Å². The monoisotopic (exact) mass is 246 g/mol. The van der Waals surface area contributed by atoms with Crippen LogP contribution < -0.4 is 0 Å². The maximum Gasteiger partial charge on any atom is 0.175 e. The third-order valence-electron chi connectivity index (χ3n) is 4.52. The molecule has 0 amide bonds. The van der Waals surface area contributed by atoms with E-state index in [1.165, 1.54) is 5.56 Å². The van der Waals surface area contributed by atoms with Crippen LogP contribution in [0.2, 0.25) is 0 Å². The number of Topliss-reactive ketones (excluding diaryl/α,β-unsaturated/α-hetero) is 1. The van der Waals surface area contributed by atoms with Crippen LogP contribution in [0, 0.1) is 11.8 Å². The Labute approximate surface area is 107 Å². The summed E-state index contributed by atoms with van der Waals surface area (Å²) in [5, 5.41) is 10.4. The van der Waals surface area contributed by atoms with Crippen LogP contribution in [0.5, 0.6) is 0 Å². The fraction of sp³-hybridized carbons (Fsp3) is 0.533. The fourth-order valence-electron chi connectivity index (χ4n) is 3.34. The van der Waals surface area contributed by atoms with Gasteiger partial charge in [-0.2, -0.15) is 0 Å². The normalized spacial score (nSPS) is 39.7. The number of benzene rings is 1. The van der Waals surface area contributed by atoms with E-state index in [1.807, 2.05) is 25.1 Å². The molecule has 1 saturated heterocycles. The van der Waals surface area contributed by atoms with Crippen molar-refractivity contribution in [2.45, 2.75) is 31.5 Å². The molecule has 1 heterocycles. The minimum absolute atomic E-state index is 0.00848. The van der Waals surface area contributed by atoms with E-state index in [2.05, 4.69) is 12.1 Å². The highest BCUT2D eigenvalue weighted by molar-refractivity contribution is 5.80. The van der Waals surface area contributed by atoms with Crippen LogP contribution in [0.15, 0.2) is 30.3 Å². The summed E-state index contributed by atoms with van der Waals surface area (Å²) in [6, 6.07) is 10.1. The maximum absolute atomic E-state index is 12.0. The van der Waals surface area contributed by atoms with E-state index < -0.39 is 5.79 Å². The van der Waals surface area contributed by atoms with Gasteiger partial charge in [-0.3, -0.25) is 4.79 Å². The van der Waals surface area contributed by atoms with E-state index in [0.29, 0.717) is 13.0 Å². The summed E-state index contributed by atoms with van der Waals surface area (Å²) in [4.78, 5) is 12.0. The Morgan fingerprint density at radius 2 is 2.06 bits per heavy atom. The largest absolute Gasteiger partial charge is 0.365 e. The van der Waals surface area contributed by atoms with Crippen LogP contribution in [0.4, 0.5) is 0 Å². The lowest BCUT2D eigenvalue weighted by Crippen LogP contribution is -2.36. The Balaban J connectivity index is 1.98. The second-order valence-electron chi connectivity index (χ2n) is 5.55. The SMILES string of the molecule is C[C@@H]1[C@@H]2CO[C@@]1(O)CC(=O)C[C@H]2c1ccccc1. The van der Waals surface area contributed by atoms with Crippen LogP contribution in [0.25, 0.3) is 0 Å². The van der Waals surface area contributed by atoms with Gasteiger partial charge in [-0.05, 0) is 17.4 Å². The number of ketones is 1. The van der Waals surface area contributed by atoms with Gasteiger partial charge >= 0.3 is 0 Å². The topological polar surface area (TPSA) is 46.5 Å². The van der Waals surface area contributed by atoms with Gasteiger partial charge in [0.15, 0.2) is 5.79 Å². The summed E-state index contributed by atoms with van der Waals surface area (Å²) in [6.45, 7) is 2.54. The van der Waals surface area contributed by atoms with Crippen LogP contribution in [0.3, 0.4) is 0 Å². The standard InChI is InChI=1S/C15H18O3/c1-10-14-9-18-15(10,17)8-12(16)7-13(14)11-5-3-2-4-6-11/h2-6,10,13-14,17H,7-9H2,1H3/t10-,13+,14+,15+/m1/s1. The van der Waals surface area contributed by atoms with Gasteiger partial charge in [-0.25, -0.2) is 0 Å². The number of carbonyl (C=O) groups is 1. The molecule has 0 aromatic heterocycles. The van der Waals surface area contributed by atoms with Gasteiger partial charge in [0.25, 0.3) is 0 Å². The second-order valence-corrected chi connectivity index (χ2v) is 5.55. The van der Waals surface area contributed by atoms with Crippen molar-refractivity contribution >= 4 is 5.78 Å². The highest BCUT2D eigenvalue weighted by Crippen LogP contribution is 2.48. The van der Waals surface area contributed by atoms with Crippen LogP contribution in [-0.4, -0.2) is 23.3 Å². The molecule has 0 unspecified atom stereocenters. The third-order valence-corrected chi connectivity index (χ3v) is 4.52. The Morgan fingerprint density at radius 3 is 2.78 bits per heavy atom. The number of hydrogen-bond donors (Lipinski definition) is 1. The molecule has 18 heavy (non-hydrogen) atoms. The molecular weight excluding hydrogens is 228 g/mol. The predicted molar refractivity (Wildman–Crippen MR) is 67.0 cm³/mol. The number of ether oxygens (including phenoxy) is 1. The van der Waals surface area contributed by atoms with E-state index >= 15 is 0 Å². The molecule has 2 aliphatic rings. The zero-order valence-corrected chi connectivity index (χ0v) is 10.5. The Hall–Kier alpha value is -1.19.